The van der Waals surface area contributed by atoms with Crippen molar-refractivity contribution in [3.8, 4) is 0 Å². The van der Waals surface area contributed by atoms with Gasteiger partial charge in [-0.05, 0) is 32.9 Å². The quantitative estimate of drug-likeness (QED) is 0.421. The van der Waals surface area contributed by atoms with Gasteiger partial charge in [0.2, 0.25) is 0 Å². The summed E-state index contributed by atoms with van der Waals surface area (Å²) in [4.78, 5) is 11.3. The molecule has 0 saturated heterocycles. The van der Waals surface area contributed by atoms with Gasteiger partial charge < -0.3 is 0 Å². The number of carbonyl (C=O) groups is 1. The van der Waals surface area contributed by atoms with Crippen LogP contribution in [-0.2, 0) is 4.79 Å². The lowest BCUT2D eigenvalue weighted by molar-refractivity contribution is -0.119. The maximum atomic E-state index is 11.3. The minimum Gasteiger partial charge on any atom is -0.297 e. The maximum absolute atomic E-state index is 11.3. The zero-order valence-electron chi connectivity index (χ0n) is 11.1. The van der Waals surface area contributed by atoms with Crippen LogP contribution in [0.5, 0.6) is 0 Å². The van der Waals surface area contributed by atoms with Crippen LogP contribution in [0.4, 0.5) is 0 Å². The third kappa shape index (κ3) is 8.86. The lowest BCUT2D eigenvalue weighted by Gasteiger charge is -2.17. The standard InChI is InChI=1S/C13H28N2O/c1-4-6-8-10-14-13(12(3)16)15-11-9-7-5-2/h13-15H,4-11H2,1-3H3. The molecule has 0 aromatic heterocycles. The second-order valence-electron chi connectivity index (χ2n) is 4.37. The minimum absolute atomic E-state index is 0.145. The van der Waals surface area contributed by atoms with E-state index in [1.807, 2.05) is 0 Å². The largest absolute Gasteiger partial charge is 0.297 e. The van der Waals surface area contributed by atoms with Crippen molar-refractivity contribution in [3.63, 3.8) is 0 Å². The molecule has 3 heteroatoms. The van der Waals surface area contributed by atoms with Gasteiger partial charge in [-0.25, -0.2) is 0 Å². The zero-order valence-corrected chi connectivity index (χ0v) is 11.1. The van der Waals surface area contributed by atoms with Gasteiger partial charge in [-0.1, -0.05) is 39.5 Å². The molecule has 0 amide bonds. The second-order valence-corrected chi connectivity index (χ2v) is 4.37. The van der Waals surface area contributed by atoms with Crippen molar-refractivity contribution in [2.24, 2.45) is 0 Å². The molecule has 0 aromatic rings. The van der Waals surface area contributed by atoms with E-state index in [2.05, 4.69) is 24.5 Å². The summed E-state index contributed by atoms with van der Waals surface area (Å²) in [5.74, 6) is 0.188. The van der Waals surface area contributed by atoms with Gasteiger partial charge in [0.15, 0.2) is 5.78 Å². The highest BCUT2D eigenvalue weighted by molar-refractivity contribution is 5.80. The van der Waals surface area contributed by atoms with Gasteiger partial charge >= 0.3 is 0 Å². The third-order valence-corrected chi connectivity index (χ3v) is 2.66. The predicted molar refractivity (Wildman–Crippen MR) is 69.5 cm³/mol. The Morgan fingerprint density at radius 2 is 1.38 bits per heavy atom. The van der Waals surface area contributed by atoms with Crippen LogP contribution in [0.1, 0.15) is 59.3 Å². The molecule has 0 aliphatic rings. The molecular formula is C13H28N2O. The molecule has 0 bridgehead atoms. The summed E-state index contributed by atoms with van der Waals surface area (Å²) in [5.41, 5.74) is 0. The van der Waals surface area contributed by atoms with Crippen LogP contribution in [0.15, 0.2) is 0 Å². The van der Waals surface area contributed by atoms with Crippen molar-refractivity contribution in [1.82, 2.24) is 10.6 Å². The minimum atomic E-state index is -0.145. The molecule has 0 unspecified atom stereocenters. The first-order valence-corrected chi connectivity index (χ1v) is 6.69. The van der Waals surface area contributed by atoms with Gasteiger partial charge in [-0.2, -0.15) is 0 Å². The van der Waals surface area contributed by atoms with Crippen molar-refractivity contribution in [2.75, 3.05) is 13.1 Å². The Labute approximate surface area is 100 Å². The maximum Gasteiger partial charge on any atom is 0.161 e. The molecule has 16 heavy (non-hydrogen) atoms. The van der Waals surface area contributed by atoms with Crippen LogP contribution in [0.3, 0.4) is 0 Å². The van der Waals surface area contributed by atoms with Crippen molar-refractivity contribution in [3.05, 3.63) is 0 Å². The lowest BCUT2D eigenvalue weighted by Crippen LogP contribution is -2.48. The Morgan fingerprint density at radius 3 is 1.69 bits per heavy atom. The lowest BCUT2D eigenvalue weighted by atomic mass is 10.2. The van der Waals surface area contributed by atoms with Crippen LogP contribution >= 0.6 is 0 Å². The molecule has 0 aliphatic carbocycles. The van der Waals surface area contributed by atoms with E-state index >= 15 is 0 Å². The average molecular weight is 228 g/mol. The highest BCUT2D eigenvalue weighted by Crippen LogP contribution is 1.94. The summed E-state index contributed by atoms with van der Waals surface area (Å²) in [6.45, 7) is 7.87. The summed E-state index contributed by atoms with van der Waals surface area (Å²) in [6, 6.07) is 0. The van der Waals surface area contributed by atoms with Crippen LogP contribution in [-0.4, -0.2) is 25.0 Å². The van der Waals surface area contributed by atoms with E-state index in [-0.39, 0.29) is 11.9 Å². The van der Waals surface area contributed by atoms with Gasteiger partial charge in [0, 0.05) is 0 Å². The van der Waals surface area contributed by atoms with E-state index in [0.717, 1.165) is 25.9 Å². The van der Waals surface area contributed by atoms with E-state index in [0.29, 0.717) is 0 Å². The summed E-state index contributed by atoms with van der Waals surface area (Å²) in [5, 5.41) is 6.54. The Morgan fingerprint density at radius 1 is 0.938 bits per heavy atom. The van der Waals surface area contributed by atoms with Crippen molar-refractivity contribution in [2.45, 2.75) is 65.5 Å². The number of rotatable bonds is 11. The van der Waals surface area contributed by atoms with Gasteiger partial charge in [0.05, 0.1) is 0 Å². The van der Waals surface area contributed by atoms with Gasteiger partial charge in [0.25, 0.3) is 0 Å². The molecule has 0 radical (unpaired) electrons. The monoisotopic (exact) mass is 228 g/mol. The summed E-state index contributed by atoms with van der Waals surface area (Å²) >= 11 is 0. The van der Waals surface area contributed by atoms with Crippen LogP contribution in [0, 0.1) is 0 Å². The number of carbonyl (C=O) groups excluding carboxylic acids is 1. The molecule has 0 rings (SSSR count). The molecule has 0 heterocycles. The van der Waals surface area contributed by atoms with Crippen molar-refractivity contribution in [1.29, 1.82) is 0 Å². The second kappa shape index (κ2) is 11.1. The van der Waals surface area contributed by atoms with Crippen LogP contribution in [0.25, 0.3) is 0 Å². The number of Topliss-reactive ketones (excluding diaryl/α,β-unsaturated/α-hetero) is 1. The van der Waals surface area contributed by atoms with E-state index in [1.54, 1.807) is 6.92 Å². The number of unbranched alkanes of at least 4 members (excludes halogenated alkanes) is 4. The molecule has 0 atom stereocenters. The summed E-state index contributed by atoms with van der Waals surface area (Å²) in [6.07, 6.45) is 7.05. The Bertz CT molecular complexity index is 159. The fourth-order valence-corrected chi connectivity index (χ4v) is 1.60. The van der Waals surface area contributed by atoms with E-state index in [1.165, 1.54) is 25.7 Å². The third-order valence-electron chi connectivity index (χ3n) is 2.66. The van der Waals surface area contributed by atoms with Gasteiger partial charge in [0.1, 0.15) is 6.17 Å². The van der Waals surface area contributed by atoms with E-state index in [9.17, 15) is 4.79 Å². The smallest absolute Gasteiger partial charge is 0.161 e. The van der Waals surface area contributed by atoms with Gasteiger partial charge in [-0.3, -0.25) is 15.4 Å². The normalized spacial score (nSPS) is 11.0. The highest BCUT2D eigenvalue weighted by Gasteiger charge is 2.10. The number of nitrogens with one attached hydrogen (secondary N) is 2. The molecular weight excluding hydrogens is 200 g/mol. The molecule has 0 saturated carbocycles. The number of hydrogen-bond acceptors (Lipinski definition) is 3. The van der Waals surface area contributed by atoms with Gasteiger partial charge in [-0.15, -0.1) is 0 Å². The molecule has 96 valence electrons. The Hall–Kier alpha value is -0.410. The molecule has 2 N–H and O–H groups in total. The summed E-state index contributed by atoms with van der Waals surface area (Å²) < 4.78 is 0. The Kier molecular flexibility index (Phi) is 10.8. The fraction of sp³-hybridized carbons (Fsp3) is 0.923. The molecule has 0 aliphatic heterocycles. The predicted octanol–water partition coefficient (Wildman–Crippen LogP) is 2.46. The van der Waals surface area contributed by atoms with E-state index < -0.39 is 0 Å². The molecule has 3 nitrogen and oxygen atoms in total. The molecule has 0 fully saturated rings. The molecule has 0 aromatic carbocycles. The van der Waals surface area contributed by atoms with Crippen LogP contribution < -0.4 is 10.6 Å². The van der Waals surface area contributed by atoms with E-state index in [4.69, 9.17) is 0 Å². The number of hydrogen-bond donors (Lipinski definition) is 2. The zero-order chi connectivity index (χ0) is 12.2. The first-order chi connectivity index (χ1) is 7.72. The number of ketones is 1. The average Bonchev–Trinajstić information content (AvgIpc) is 2.26. The van der Waals surface area contributed by atoms with Crippen LogP contribution in [0.2, 0.25) is 0 Å². The SMILES string of the molecule is CCCCCNC(NCCCCC)C(C)=O. The first kappa shape index (κ1) is 15.6. The van der Waals surface area contributed by atoms with Crippen molar-refractivity contribution >= 4 is 5.78 Å². The topological polar surface area (TPSA) is 41.1 Å². The molecule has 0 spiro atoms. The first-order valence-electron chi connectivity index (χ1n) is 6.69. The Balaban J connectivity index is 3.59. The fourth-order valence-electron chi connectivity index (χ4n) is 1.60. The highest BCUT2D eigenvalue weighted by atomic mass is 16.1. The van der Waals surface area contributed by atoms with Crippen molar-refractivity contribution < 1.29 is 4.79 Å². The summed E-state index contributed by atoms with van der Waals surface area (Å²) in [7, 11) is 0.